The predicted octanol–water partition coefficient (Wildman–Crippen LogP) is 3.28. The van der Waals surface area contributed by atoms with E-state index in [1.165, 1.54) is 15.6 Å². The van der Waals surface area contributed by atoms with Gasteiger partial charge in [-0.2, -0.15) is 5.10 Å². The molecule has 1 N–H and O–H groups in total. The highest BCUT2D eigenvalue weighted by atomic mass is 79.9. The summed E-state index contributed by atoms with van der Waals surface area (Å²) >= 11 is 3.62. The molecular formula is C13H14BrN3. The third-order valence-electron chi connectivity index (χ3n) is 3.25. The summed E-state index contributed by atoms with van der Waals surface area (Å²) in [4.78, 5) is 0. The first-order valence-electron chi connectivity index (χ1n) is 5.77. The second kappa shape index (κ2) is 4.18. The molecule has 0 saturated heterocycles. The number of nitrogens with one attached hydrogen (secondary N) is 1. The highest BCUT2D eigenvalue weighted by Gasteiger charge is 2.24. The van der Waals surface area contributed by atoms with Gasteiger partial charge in [0.2, 0.25) is 0 Å². The van der Waals surface area contributed by atoms with Crippen LogP contribution in [0.4, 0.5) is 5.82 Å². The molecule has 0 fully saturated rings. The molecule has 0 radical (unpaired) electrons. The molecule has 3 nitrogen and oxygen atoms in total. The van der Waals surface area contributed by atoms with Gasteiger partial charge in [-0.15, -0.1) is 0 Å². The van der Waals surface area contributed by atoms with E-state index in [0.717, 1.165) is 18.7 Å². The summed E-state index contributed by atoms with van der Waals surface area (Å²) in [6, 6.07) is 8.81. The van der Waals surface area contributed by atoms with Gasteiger partial charge in [0.25, 0.3) is 0 Å². The summed E-state index contributed by atoms with van der Waals surface area (Å²) < 4.78 is 3.04. The second-order valence-electron chi connectivity index (χ2n) is 4.42. The molecule has 1 aliphatic carbocycles. The van der Waals surface area contributed by atoms with Gasteiger partial charge in [0.1, 0.15) is 5.82 Å². The minimum Gasteiger partial charge on any atom is -0.362 e. The number of hydrogen-bond donors (Lipinski definition) is 1. The van der Waals surface area contributed by atoms with Crippen LogP contribution in [0.15, 0.2) is 34.9 Å². The maximum absolute atomic E-state index is 4.36. The monoisotopic (exact) mass is 291 g/mol. The van der Waals surface area contributed by atoms with Gasteiger partial charge in [-0.05, 0) is 30.0 Å². The van der Waals surface area contributed by atoms with Crippen LogP contribution in [0.25, 0.3) is 0 Å². The Kier molecular flexibility index (Phi) is 2.67. The van der Waals surface area contributed by atoms with Crippen molar-refractivity contribution in [1.82, 2.24) is 9.78 Å². The Labute approximate surface area is 109 Å². The molecular weight excluding hydrogens is 278 g/mol. The number of hydrogen-bond acceptors (Lipinski definition) is 2. The van der Waals surface area contributed by atoms with Gasteiger partial charge in [0.05, 0.1) is 6.04 Å². The fraction of sp³-hybridized carbons (Fsp3) is 0.308. The molecule has 17 heavy (non-hydrogen) atoms. The average Bonchev–Trinajstić information content (AvgIpc) is 2.88. The van der Waals surface area contributed by atoms with Crippen LogP contribution in [0.3, 0.4) is 0 Å². The molecule has 0 aliphatic heterocycles. The van der Waals surface area contributed by atoms with Crippen molar-refractivity contribution in [3.63, 3.8) is 0 Å². The van der Waals surface area contributed by atoms with Crippen molar-refractivity contribution in [2.45, 2.75) is 18.9 Å². The SMILES string of the molecule is Cn1ccc(NC2CCc3c(Br)cccc32)n1. The summed E-state index contributed by atoms with van der Waals surface area (Å²) in [5.41, 5.74) is 2.82. The summed E-state index contributed by atoms with van der Waals surface area (Å²) in [7, 11) is 1.93. The Morgan fingerprint density at radius 1 is 1.41 bits per heavy atom. The number of aromatic nitrogens is 2. The molecule has 1 aliphatic rings. The van der Waals surface area contributed by atoms with Crippen molar-refractivity contribution in [2.75, 3.05) is 5.32 Å². The van der Waals surface area contributed by atoms with Crippen LogP contribution >= 0.6 is 15.9 Å². The first-order chi connectivity index (χ1) is 8.24. The van der Waals surface area contributed by atoms with Crippen molar-refractivity contribution >= 4 is 21.7 Å². The van der Waals surface area contributed by atoms with Crippen LogP contribution in [0.1, 0.15) is 23.6 Å². The number of aryl methyl sites for hydroxylation is 1. The maximum atomic E-state index is 4.36. The van der Waals surface area contributed by atoms with Crippen molar-refractivity contribution in [2.24, 2.45) is 7.05 Å². The molecule has 1 unspecified atom stereocenters. The lowest BCUT2D eigenvalue weighted by Crippen LogP contribution is -2.07. The van der Waals surface area contributed by atoms with E-state index in [-0.39, 0.29) is 0 Å². The zero-order valence-electron chi connectivity index (χ0n) is 9.65. The fourth-order valence-electron chi connectivity index (χ4n) is 2.43. The topological polar surface area (TPSA) is 29.9 Å². The van der Waals surface area contributed by atoms with Crippen LogP contribution < -0.4 is 5.32 Å². The van der Waals surface area contributed by atoms with E-state index in [0.29, 0.717) is 6.04 Å². The Morgan fingerprint density at radius 2 is 2.29 bits per heavy atom. The van der Waals surface area contributed by atoms with E-state index in [4.69, 9.17) is 0 Å². The predicted molar refractivity (Wildman–Crippen MR) is 72.0 cm³/mol. The van der Waals surface area contributed by atoms with Gasteiger partial charge in [0, 0.05) is 23.8 Å². The lowest BCUT2D eigenvalue weighted by atomic mass is 10.1. The largest absolute Gasteiger partial charge is 0.362 e. The van der Waals surface area contributed by atoms with E-state index in [1.807, 2.05) is 24.0 Å². The first kappa shape index (κ1) is 10.8. The molecule has 0 spiro atoms. The van der Waals surface area contributed by atoms with Gasteiger partial charge < -0.3 is 5.32 Å². The standard InChI is InChI=1S/C13H14BrN3/c1-17-8-7-13(16-17)15-12-6-5-9-10(12)3-2-4-11(9)14/h2-4,7-8,12H,5-6H2,1H3,(H,15,16). The Balaban J connectivity index is 1.86. The molecule has 0 amide bonds. The molecule has 3 rings (SSSR count). The zero-order valence-corrected chi connectivity index (χ0v) is 11.2. The average molecular weight is 292 g/mol. The van der Waals surface area contributed by atoms with Gasteiger partial charge in [-0.1, -0.05) is 28.1 Å². The van der Waals surface area contributed by atoms with E-state index < -0.39 is 0 Å². The van der Waals surface area contributed by atoms with Crippen LogP contribution in [-0.4, -0.2) is 9.78 Å². The normalized spacial score (nSPS) is 18.1. The van der Waals surface area contributed by atoms with Gasteiger partial charge in [-0.25, -0.2) is 0 Å². The van der Waals surface area contributed by atoms with E-state index in [1.54, 1.807) is 0 Å². The molecule has 1 heterocycles. The highest BCUT2D eigenvalue weighted by molar-refractivity contribution is 9.10. The van der Waals surface area contributed by atoms with Crippen LogP contribution in [-0.2, 0) is 13.5 Å². The Hall–Kier alpha value is -1.29. The fourth-order valence-corrected chi connectivity index (χ4v) is 3.01. The third kappa shape index (κ3) is 1.97. The molecule has 0 saturated carbocycles. The van der Waals surface area contributed by atoms with Gasteiger partial charge in [-0.3, -0.25) is 4.68 Å². The summed E-state index contributed by atoms with van der Waals surface area (Å²) in [5, 5.41) is 7.86. The molecule has 1 atom stereocenters. The number of anilines is 1. The smallest absolute Gasteiger partial charge is 0.148 e. The summed E-state index contributed by atoms with van der Waals surface area (Å²) in [6.45, 7) is 0. The van der Waals surface area contributed by atoms with E-state index in [9.17, 15) is 0 Å². The van der Waals surface area contributed by atoms with Crippen LogP contribution in [0.5, 0.6) is 0 Å². The molecule has 88 valence electrons. The lowest BCUT2D eigenvalue weighted by Gasteiger charge is -2.13. The molecule has 0 bridgehead atoms. The number of rotatable bonds is 2. The van der Waals surface area contributed by atoms with Crippen molar-refractivity contribution in [1.29, 1.82) is 0 Å². The Bertz CT molecular complexity index is 547. The number of fused-ring (bicyclic) bond motifs is 1. The lowest BCUT2D eigenvalue weighted by molar-refractivity contribution is 0.733. The van der Waals surface area contributed by atoms with Gasteiger partial charge >= 0.3 is 0 Å². The molecule has 1 aromatic carbocycles. The number of benzene rings is 1. The van der Waals surface area contributed by atoms with Crippen LogP contribution in [0, 0.1) is 0 Å². The highest BCUT2D eigenvalue weighted by Crippen LogP contribution is 2.37. The molecule has 2 aromatic rings. The quantitative estimate of drug-likeness (QED) is 0.920. The number of halogens is 1. The molecule has 4 heteroatoms. The van der Waals surface area contributed by atoms with Crippen molar-refractivity contribution in [3.8, 4) is 0 Å². The first-order valence-corrected chi connectivity index (χ1v) is 6.57. The zero-order chi connectivity index (χ0) is 11.8. The third-order valence-corrected chi connectivity index (χ3v) is 3.99. The van der Waals surface area contributed by atoms with Gasteiger partial charge in [0.15, 0.2) is 0 Å². The van der Waals surface area contributed by atoms with Crippen molar-refractivity contribution < 1.29 is 0 Å². The maximum Gasteiger partial charge on any atom is 0.148 e. The summed E-state index contributed by atoms with van der Waals surface area (Å²) in [5.74, 6) is 0.949. The number of nitrogens with zero attached hydrogens (tertiary/aromatic N) is 2. The Morgan fingerprint density at radius 3 is 3.06 bits per heavy atom. The minimum absolute atomic E-state index is 0.386. The summed E-state index contributed by atoms with van der Waals surface area (Å²) in [6.07, 6.45) is 4.22. The minimum atomic E-state index is 0.386. The van der Waals surface area contributed by atoms with Crippen LogP contribution in [0.2, 0.25) is 0 Å². The van der Waals surface area contributed by atoms with Crippen molar-refractivity contribution in [3.05, 3.63) is 46.1 Å². The van der Waals surface area contributed by atoms with E-state index in [2.05, 4.69) is 44.5 Å². The van der Waals surface area contributed by atoms with E-state index >= 15 is 0 Å². The second-order valence-corrected chi connectivity index (χ2v) is 5.27. The molecule has 1 aromatic heterocycles.